The Morgan fingerprint density at radius 3 is 2.16 bits per heavy atom. The summed E-state index contributed by atoms with van der Waals surface area (Å²) in [6, 6.07) is 24.1. The SMILES string of the molecule is CC1=C(/C=C(\C)CC2(C)c3ccccc3-c3cc(N)ccc32)c2ccccc2C1(C)C. The van der Waals surface area contributed by atoms with Crippen LogP contribution in [0.1, 0.15) is 63.3 Å². The van der Waals surface area contributed by atoms with Crippen LogP contribution in [0.4, 0.5) is 5.69 Å². The van der Waals surface area contributed by atoms with Gasteiger partial charge in [0.15, 0.2) is 0 Å². The lowest BCUT2D eigenvalue weighted by molar-refractivity contribution is 0.579. The molecule has 2 aliphatic rings. The van der Waals surface area contributed by atoms with Crippen LogP contribution in [0.25, 0.3) is 16.7 Å². The van der Waals surface area contributed by atoms with E-state index in [0.29, 0.717) is 0 Å². The largest absolute Gasteiger partial charge is 0.399 e. The fourth-order valence-corrected chi connectivity index (χ4v) is 5.85. The zero-order valence-corrected chi connectivity index (χ0v) is 19.2. The number of anilines is 1. The topological polar surface area (TPSA) is 26.0 Å². The average Bonchev–Trinajstić information content (AvgIpc) is 3.09. The minimum atomic E-state index is -0.0533. The van der Waals surface area contributed by atoms with Gasteiger partial charge in [-0.05, 0) is 71.4 Å². The smallest absolute Gasteiger partial charge is 0.0320 e. The van der Waals surface area contributed by atoms with Gasteiger partial charge in [0, 0.05) is 16.5 Å². The van der Waals surface area contributed by atoms with Crippen LogP contribution < -0.4 is 5.73 Å². The quantitative estimate of drug-likeness (QED) is 0.445. The second kappa shape index (κ2) is 6.72. The molecule has 1 unspecified atom stereocenters. The molecule has 3 aromatic carbocycles. The average molecular weight is 406 g/mol. The Labute approximate surface area is 186 Å². The van der Waals surface area contributed by atoms with Gasteiger partial charge in [-0.15, -0.1) is 0 Å². The molecule has 2 N–H and O–H groups in total. The molecule has 0 heterocycles. The molecule has 0 amide bonds. The first kappa shape index (κ1) is 19.9. The van der Waals surface area contributed by atoms with Crippen molar-refractivity contribution in [2.45, 2.75) is 51.9 Å². The molecule has 0 fully saturated rings. The Bertz CT molecular complexity index is 1270. The van der Waals surface area contributed by atoms with Gasteiger partial charge in [0.1, 0.15) is 0 Å². The summed E-state index contributed by atoms with van der Waals surface area (Å²) in [4.78, 5) is 0. The lowest BCUT2D eigenvalue weighted by Gasteiger charge is -2.28. The Hall–Kier alpha value is -3.06. The van der Waals surface area contributed by atoms with Gasteiger partial charge in [-0.25, -0.2) is 0 Å². The fourth-order valence-electron chi connectivity index (χ4n) is 5.85. The number of nitrogens with two attached hydrogens (primary N) is 1. The van der Waals surface area contributed by atoms with Crippen molar-refractivity contribution < 1.29 is 0 Å². The first-order valence-corrected chi connectivity index (χ1v) is 11.2. The molecule has 1 nitrogen and oxygen atoms in total. The molecular weight excluding hydrogens is 374 g/mol. The summed E-state index contributed by atoms with van der Waals surface area (Å²) in [5.41, 5.74) is 19.5. The third-order valence-electron chi connectivity index (χ3n) is 7.70. The van der Waals surface area contributed by atoms with Gasteiger partial charge in [-0.3, -0.25) is 0 Å². The first-order valence-electron chi connectivity index (χ1n) is 11.2. The van der Waals surface area contributed by atoms with Crippen molar-refractivity contribution in [3.05, 3.63) is 106 Å². The van der Waals surface area contributed by atoms with Gasteiger partial charge < -0.3 is 5.73 Å². The monoisotopic (exact) mass is 405 g/mol. The molecule has 0 spiro atoms. The van der Waals surface area contributed by atoms with Crippen LogP contribution >= 0.6 is 0 Å². The Balaban J connectivity index is 1.60. The van der Waals surface area contributed by atoms with E-state index in [9.17, 15) is 0 Å². The highest BCUT2D eigenvalue weighted by atomic mass is 14.6. The first-order chi connectivity index (χ1) is 14.7. The van der Waals surface area contributed by atoms with Crippen molar-refractivity contribution in [3.8, 4) is 11.1 Å². The third-order valence-corrected chi connectivity index (χ3v) is 7.70. The zero-order chi connectivity index (χ0) is 22.0. The minimum absolute atomic E-state index is 0.0533. The van der Waals surface area contributed by atoms with Crippen LogP contribution in [0.5, 0.6) is 0 Å². The Morgan fingerprint density at radius 1 is 0.806 bits per heavy atom. The molecule has 0 radical (unpaired) electrons. The number of fused-ring (bicyclic) bond motifs is 4. The van der Waals surface area contributed by atoms with Crippen molar-refractivity contribution in [1.29, 1.82) is 0 Å². The summed E-state index contributed by atoms with van der Waals surface area (Å²) in [6.07, 6.45) is 3.42. The Morgan fingerprint density at radius 2 is 1.42 bits per heavy atom. The summed E-state index contributed by atoms with van der Waals surface area (Å²) < 4.78 is 0. The van der Waals surface area contributed by atoms with Crippen molar-refractivity contribution in [2.24, 2.45) is 0 Å². The number of hydrogen-bond donors (Lipinski definition) is 1. The third kappa shape index (κ3) is 2.83. The number of nitrogen functional groups attached to an aromatic ring is 1. The molecule has 0 saturated heterocycles. The van der Waals surface area contributed by atoms with Gasteiger partial charge in [-0.2, -0.15) is 0 Å². The van der Waals surface area contributed by atoms with Gasteiger partial charge in [0.2, 0.25) is 0 Å². The van der Waals surface area contributed by atoms with E-state index < -0.39 is 0 Å². The molecule has 31 heavy (non-hydrogen) atoms. The van der Waals surface area contributed by atoms with E-state index in [-0.39, 0.29) is 10.8 Å². The number of hydrogen-bond acceptors (Lipinski definition) is 1. The van der Waals surface area contributed by atoms with Gasteiger partial charge in [-0.1, -0.05) is 92.6 Å². The highest BCUT2D eigenvalue weighted by molar-refractivity contribution is 5.86. The highest BCUT2D eigenvalue weighted by Gasteiger charge is 2.39. The van der Waals surface area contributed by atoms with E-state index in [0.717, 1.165) is 12.1 Å². The predicted molar refractivity (Wildman–Crippen MR) is 133 cm³/mol. The summed E-state index contributed by atoms with van der Waals surface area (Å²) >= 11 is 0. The van der Waals surface area contributed by atoms with E-state index in [4.69, 9.17) is 5.73 Å². The number of rotatable bonds is 3. The normalized spacial score (nSPS) is 21.1. The van der Waals surface area contributed by atoms with Crippen molar-refractivity contribution in [3.63, 3.8) is 0 Å². The van der Waals surface area contributed by atoms with E-state index in [2.05, 4.69) is 101 Å². The second-order valence-electron chi connectivity index (χ2n) is 10.1. The molecule has 156 valence electrons. The van der Waals surface area contributed by atoms with Crippen molar-refractivity contribution in [1.82, 2.24) is 0 Å². The Kier molecular flexibility index (Phi) is 4.31. The van der Waals surface area contributed by atoms with Gasteiger partial charge in [0.25, 0.3) is 0 Å². The highest BCUT2D eigenvalue weighted by Crippen LogP contribution is 2.53. The van der Waals surface area contributed by atoms with E-state index in [1.165, 1.54) is 50.1 Å². The van der Waals surface area contributed by atoms with Gasteiger partial charge in [0.05, 0.1) is 0 Å². The van der Waals surface area contributed by atoms with Gasteiger partial charge >= 0.3 is 0 Å². The molecule has 0 saturated carbocycles. The minimum Gasteiger partial charge on any atom is -0.399 e. The van der Waals surface area contributed by atoms with Crippen LogP contribution in [0.3, 0.4) is 0 Å². The van der Waals surface area contributed by atoms with Crippen molar-refractivity contribution >= 4 is 11.3 Å². The maximum Gasteiger partial charge on any atom is 0.0320 e. The van der Waals surface area contributed by atoms with E-state index >= 15 is 0 Å². The van der Waals surface area contributed by atoms with Crippen LogP contribution in [-0.4, -0.2) is 0 Å². The van der Waals surface area contributed by atoms with Crippen LogP contribution in [0, 0.1) is 0 Å². The molecule has 5 rings (SSSR count). The molecule has 0 bridgehead atoms. The molecule has 0 aromatic heterocycles. The molecule has 1 heteroatoms. The number of allylic oxidation sites excluding steroid dienone is 4. The second-order valence-corrected chi connectivity index (χ2v) is 10.1. The summed E-state index contributed by atoms with van der Waals surface area (Å²) in [5, 5.41) is 0. The van der Waals surface area contributed by atoms with Crippen LogP contribution in [-0.2, 0) is 10.8 Å². The summed E-state index contributed by atoms with van der Waals surface area (Å²) in [5.74, 6) is 0. The van der Waals surface area contributed by atoms with E-state index in [1.807, 2.05) is 6.07 Å². The molecule has 2 aliphatic carbocycles. The maximum atomic E-state index is 6.16. The summed E-state index contributed by atoms with van der Waals surface area (Å²) in [6.45, 7) is 11.7. The van der Waals surface area contributed by atoms with Crippen LogP contribution in [0.2, 0.25) is 0 Å². The standard InChI is InChI=1S/C30H31N/c1-19(16-24-20(2)29(3,4)26-12-8-6-10-22(24)26)18-30(5)27-13-9-7-11-23(27)25-17-21(31)14-15-28(25)30/h6-17H,18,31H2,1-5H3/b19-16+. The fraction of sp³-hybridized carbons (Fsp3) is 0.267. The van der Waals surface area contributed by atoms with Crippen LogP contribution in [0.15, 0.2) is 84.0 Å². The lowest BCUT2D eigenvalue weighted by Crippen LogP contribution is -2.21. The maximum absolute atomic E-state index is 6.16. The zero-order valence-electron chi connectivity index (χ0n) is 19.2. The summed E-state index contributed by atoms with van der Waals surface area (Å²) in [7, 11) is 0. The molecule has 0 aliphatic heterocycles. The van der Waals surface area contributed by atoms with E-state index in [1.54, 1.807) is 0 Å². The van der Waals surface area contributed by atoms with Crippen molar-refractivity contribution in [2.75, 3.05) is 5.73 Å². The molecular formula is C30H31N. The lowest BCUT2D eigenvalue weighted by atomic mass is 9.75. The molecule has 3 aromatic rings. The number of benzene rings is 3. The molecule has 1 atom stereocenters. The predicted octanol–water partition coefficient (Wildman–Crippen LogP) is 7.66.